The second kappa shape index (κ2) is 7.61. The predicted molar refractivity (Wildman–Crippen MR) is 97.2 cm³/mol. The van der Waals surface area contributed by atoms with Crippen LogP contribution >= 0.6 is 0 Å². The van der Waals surface area contributed by atoms with E-state index in [1.165, 1.54) is 6.92 Å². The quantitative estimate of drug-likeness (QED) is 0.725. The van der Waals surface area contributed by atoms with Gasteiger partial charge in [0.25, 0.3) is 0 Å². The molecule has 2 amide bonds. The van der Waals surface area contributed by atoms with Crippen molar-refractivity contribution in [3.05, 3.63) is 60.4 Å². The Morgan fingerprint density at radius 3 is 2.52 bits per heavy atom. The number of aromatic nitrogens is 2. The molecule has 2 aromatic carbocycles. The van der Waals surface area contributed by atoms with E-state index in [-0.39, 0.29) is 18.4 Å². The molecule has 6 nitrogen and oxygen atoms in total. The monoisotopic (exact) mass is 336 g/mol. The number of hydrogen-bond acceptors (Lipinski definition) is 3. The zero-order chi connectivity index (χ0) is 17.6. The first-order valence-electron chi connectivity index (χ1n) is 8.17. The van der Waals surface area contributed by atoms with Crippen LogP contribution < -0.4 is 10.6 Å². The molecule has 0 aliphatic carbocycles. The molecule has 2 N–H and O–H groups in total. The number of amides is 2. The maximum absolute atomic E-state index is 12.4. The number of nitrogens with one attached hydrogen (secondary N) is 2. The van der Waals surface area contributed by atoms with E-state index in [0.29, 0.717) is 13.0 Å². The number of fused-ring (bicyclic) bond motifs is 1. The topological polar surface area (TPSA) is 76.0 Å². The third-order valence-corrected chi connectivity index (χ3v) is 3.82. The summed E-state index contributed by atoms with van der Waals surface area (Å²) in [5, 5.41) is 5.66. The summed E-state index contributed by atoms with van der Waals surface area (Å²) in [4.78, 5) is 28.1. The first kappa shape index (κ1) is 16.7. The SMILES string of the molecule is CC(=O)NCCc1nc2ccccc2n1CC(=O)Nc1ccccc1. The molecule has 3 rings (SSSR count). The Kier molecular flexibility index (Phi) is 5.09. The van der Waals surface area contributed by atoms with Crippen molar-refractivity contribution in [1.29, 1.82) is 0 Å². The van der Waals surface area contributed by atoms with Crippen molar-refractivity contribution in [3.8, 4) is 0 Å². The van der Waals surface area contributed by atoms with Gasteiger partial charge in [0.05, 0.1) is 11.0 Å². The van der Waals surface area contributed by atoms with Gasteiger partial charge in [-0.3, -0.25) is 9.59 Å². The number of para-hydroxylation sites is 3. The largest absolute Gasteiger partial charge is 0.356 e. The highest BCUT2D eigenvalue weighted by molar-refractivity contribution is 5.91. The van der Waals surface area contributed by atoms with E-state index in [1.54, 1.807) is 0 Å². The maximum Gasteiger partial charge on any atom is 0.244 e. The maximum atomic E-state index is 12.4. The number of anilines is 1. The van der Waals surface area contributed by atoms with Crippen LogP contribution in [0, 0.1) is 0 Å². The number of benzene rings is 2. The average molecular weight is 336 g/mol. The minimum Gasteiger partial charge on any atom is -0.356 e. The fourth-order valence-electron chi connectivity index (χ4n) is 2.71. The van der Waals surface area contributed by atoms with Crippen LogP contribution in [-0.4, -0.2) is 27.9 Å². The van der Waals surface area contributed by atoms with Crippen molar-refractivity contribution >= 4 is 28.5 Å². The van der Waals surface area contributed by atoms with Gasteiger partial charge in [-0.25, -0.2) is 4.98 Å². The first-order valence-corrected chi connectivity index (χ1v) is 8.17. The molecular weight excluding hydrogens is 316 g/mol. The van der Waals surface area contributed by atoms with Crippen LogP contribution in [0.25, 0.3) is 11.0 Å². The fourth-order valence-corrected chi connectivity index (χ4v) is 2.71. The van der Waals surface area contributed by atoms with Crippen LogP contribution in [0.1, 0.15) is 12.7 Å². The van der Waals surface area contributed by atoms with Gasteiger partial charge in [0.15, 0.2) is 0 Å². The average Bonchev–Trinajstić information content (AvgIpc) is 2.93. The summed E-state index contributed by atoms with van der Waals surface area (Å²) in [6.45, 7) is 2.14. The molecule has 0 fully saturated rings. The molecule has 128 valence electrons. The molecule has 0 aliphatic rings. The Balaban J connectivity index is 1.80. The second-order valence-corrected chi connectivity index (χ2v) is 5.75. The van der Waals surface area contributed by atoms with E-state index >= 15 is 0 Å². The van der Waals surface area contributed by atoms with Crippen molar-refractivity contribution in [1.82, 2.24) is 14.9 Å². The van der Waals surface area contributed by atoms with Crippen molar-refractivity contribution in [2.45, 2.75) is 19.9 Å². The number of carbonyl (C=O) groups is 2. The van der Waals surface area contributed by atoms with Crippen LogP contribution in [0.15, 0.2) is 54.6 Å². The Hall–Kier alpha value is -3.15. The Labute approximate surface area is 145 Å². The summed E-state index contributed by atoms with van der Waals surface area (Å²) < 4.78 is 1.90. The highest BCUT2D eigenvalue weighted by atomic mass is 16.2. The van der Waals surface area contributed by atoms with Crippen LogP contribution in [0.4, 0.5) is 5.69 Å². The van der Waals surface area contributed by atoms with E-state index in [4.69, 9.17) is 0 Å². The lowest BCUT2D eigenvalue weighted by atomic mass is 10.3. The molecule has 0 atom stereocenters. The number of carbonyl (C=O) groups excluding carboxylic acids is 2. The van der Waals surface area contributed by atoms with Crippen LogP contribution in [0.5, 0.6) is 0 Å². The molecule has 1 heterocycles. The summed E-state index contributed by atoms with van der Waals surface area (Å²) in [6.07, 6.45) is 0.562. The Morgan fingerprint density at radius 2 is 1.76 bits per heavy atom. The third kappa shape index (κ3) is 4.23. The molecule has 3 aromatic rings. The van der Waals surface area contributed by atoms with Gasteiger partial charge in [0.2, 0.25) is 11.8 Å². The Bertz CT molecular complexity index is 887. The van der Waals surface area contributed by atoms with Gasteiger partial charge in [0, 0.05) is 25.6 Å². The summed E-state index contributed by atoms with van der Waals surface area (Å²) in [5.74, 6) is 0.581. The minimum absolute atomic E-state index is 0.0792. The molecule has 6 heteroatoms. The third-order valence-electron chi connectivity index (χ3n) is 3.82. The molecule has 25 heavy (non-hydrogen) atoms. The van der Waals surface area contributed by atoms with Crippen molar-refractivity contribution < 1.29 is 9.59 Å². The van der Waals surface area contributed by atoms with Crippen LogP contribution in [0.3, 0.4) is 0 Å². The standard InChI is InChI=1S/C19H20N4O2/c1-14(24)20-12-11-18-22-16-9-5-6-10-17(16)23(18)13-19(25)21-15-7-3-2-4-8-15/h2-10H,11-13H2,1H3,(H,20,24)(H,21,25). The van der Waals surface area contributed by atoms with Gasteiger partial charge in [-0.2, -0.15) is 0 Å². The lowest BCUT2D eigenvalue weighted by Gasteiger charge is -2.10. The van der Waals surface area contributed by atoms with Crippen molar-refractivity contribution in [3.63, 3.8) is 0 Å². The smallest absolute Gasteiger partial charge is 0.244 e. The lowest BCUT2D eigenvalue weighted by molar-refractivity contribution is -0.119. The minimum atomic E-state index is -0.116. The number of nitrogens with zero attached hydrogens (tertiary/aromatic N) is 2. The van der Waals surface area contributed by atoms with Gasteiger partial charge >= 0.3 is 0 Å². The summed E-state index contributed by atoms with van der Waals surface area (Å²) >= 11 is 0. The lowest BCUT2D eigenvalue weighted by Crippen LogP contribution is -2.25. The fraction of sp³-hybridized carbons (Fsp3) is 0.211. The molecule has 0 radical (unpaired) electrons. The van der Waals surface area contributed by atoms with E-state index in [1.807, 2.05) is 59.2 Å². The summed E-state index contributed by atoms with van der Waals surface area (Å²) in [7, 11) is 0. The molecule has 0 saturated heterocycles. The van der Waals surface area contributed by atoms with E-state index in [0.717, 1.165) is 22.5 Å². The van der Waals surface area contributed by atoms with Crippen molar-refractivity contribution in [2.75, 3.05) is 11.9 Å². The van der Waals surface area contributed by atoms with Gasteiger partial charge in [-0.1, -0.05) is 30.3 Å². The first-order chi connectivity index (χ1) is 12.1. The zero-order valence-corrected chi connectivity index (χ0v) is 14.0. The van der Waals surface area contributed by atoms with Crippen LogP contribution in [0.2, 0.25) is 0 Å². The highest BCUT2D eigenvalue weighted by Gasteiger charge is 2.13. The van der Waals surface area contributed by atoms with Crippen LogP contribution in [-0.2, 0) is 22.6 Å². The highest BCUT2D eigenvalue weighted by Crippen LogP contribution is 2.17. The van der Waals surface area contributed by atoms with Gasteiger partial charge in [0.1, 0.15) is 12.4 Å². The molecule has 0 bridgehead atoms. The number of rotatable bonds is 6. The summed E-state index contributed by atoms with van der Waals surface area (Å²) in [6, 6.07) is 17.1. The van der Waals surface area contributed by atoms with Gasteiger partial charge in [-0.15, -0.1) is 0 Å². The van der Waals surface area contributed by atoms with Crippen molar-refractivity contribution in [2.24, 2.45) is 0 Å². The molecule has 0 aliphatic heterocycles. The zero-order valence-electron chi connectivity index (χ0n) is 14.0. The normalized spacial score (nSPS) is 10.6. The molecule has 0 saturated carbocycles. The van der Waals surface area contributed by atoms with Gasteiger partial charge in [-0.05, 0) is 24.3 Å². The number of imidazole rings is 1. The number of hydrogen-bond donors (Lipinski definition) is 2. The van der Waals surface area contributed by atoms with E-state index < -0.39 is 0 Å². The second-order valence-electron chi connectivity index (χ2n) is 5.75. The van der Waals surface area contributed by atoms with E-state index in [2.05, 4.69) is 15.6 Å². The molecule has 1 aromatic heterocycles. The predicted octanol–water partition coefficient (Wildman–Crippen LogP) is 2.35. The molecule has 0 unspecified atom stereocenters. The summed E-state index contributed by atoms with van der Waals surface area (Å²) in [5.41, 5.74) is 2.51. The Morgan fingerprint density at radius 1 is 1.04 bits per heavy atom. The van der Waals surface area contributed by atoms with Gasteiger partial charge < -0.3 is 15.2 Å². The van der Waals surface area contributed by atoms with E-state index in [9.17, 15) is 9.59 Å². The molecule has 0 spiro atoms. The molecular formula is C19H20N4O2.